The summed E-state index contributed by atoms with van der Waals surface area (Å²) in [6, 6.07) is 17.5. The molecule has 0 bridgehead atoms. The van der Waals surface area contributed by atoms with Gasteiger partial charge in [0, 0.05) is 11.8 Å². The first kappa shape index (κ1) is 19.0. The number of rotatable bonds is 8. The topological polar surface area (TPSA) is 21.8 Å². The molecule has 140 valence electrons. The van der Waals surface area contributed by atoms with Crippen LogP contribution in [-0.4, -0.2) is 18.3 Å². The average molecular weight is 353 g/mol. The first-order valence-electron chi connectivity index (χ1n) is 9.87. The Bertz CT molecular complexity index is 705. The highest BCUT2D eigenvalue weighted by Gasteiger charge is 2.37. The van der Waals surface area contributed by atoms with Crippen molar-refractivity contribution in [3.63, 3.8) is 0 Å². The van der Waals surface area contributed by atoms with Crippen LogP contribution in [0.5, 0.6) is 5.75 Å². The Morgan fingerprint density at radius 2 is 1.42 bits per heavy atom. The first-order valence-corrected chi connectivity index (χ1v) is 9.87. The zero-order chi connectivity index (χ0) is 18.8. The van der Waals surface area contributed by atoms with Crippen molar-refractivity contribution in [3.8, 4) is 5.75 Å². The van der Waals surface area contributed by atoms with Gasteiger partial charge in [-0.1, -0.05) is 69.7 Å². The van der Waals surface area contributed by atoms with Gasteiger partial charge in [0.15, 0.2) is 0 Å². The number of aryl methyl sites for hydroxylation is 1. The fourth-order valence-electron chi connectivity index (χ4n) is 3.65. The highest BCUT2D eigenvalue weighted by Crippen LogP contribution is 2.36. The molecule has 2 heteroatoms. The maximum atomic E-state index is 6.46. The van der Waals surface area contributed by atoms with Crippen LogP contribution >= 0.6 is 0 Å². The Morgan fingerprint density at radius 3 is 1.88 bits per heavy atom. The Kier molecular flexibility index (Phi) is 5.43. The summed E-state index contributed by atoms with van der Waals surface area (Å²) < 4.78 is 11.9. The van der Waals surface area contributed by atoms with Gasteiger partial charge in [-0.3, -0.25) is 0 Å². The first-order chi connectivity index (χ1) is 12.4. The molecule has 1 saturated heterocycles. The van der Waals surface area contributed by atoms with Crippen molar-refractivity contribution in [1.29, 1.82) is 0 Å². The predicted octanol–water partition coefficient (Wildman–Crippen LogP) is 6.05. The molecule has 26 heavy (non-hydrogen) atoms. The van der Waals surface area contributed by atoms with Crippen LogP contribution in [0.2, 0.25) is 0 Å². The molecule has 0 aliphatic carbocycles. The molecule has 1 aliphatic heterocycles. The summed E-state index contributed by atoms with van der Waals surface area (Å²) in [4.78, 5) is 0. The van der Waals surface area contributed by atoms with E-state index in [1.54, 1.807) is 0 Å². The quantitative estimate of drug-likeness (QED) is 0.540. The van der Waals surface area contributed by atoms with E-state index in [0.29, 0.717) is 6.10 Å². The van der Waals surface area contributed by atoms with E-state index in [0.717, 1.165) is 31.6 Å². The van der Waals surface area contributed by atoms with Gasteiger partial charge in [0.2, 0.25) is 0 Å². The molecule has 3 rings (SSSR count). The molecule has 1 aliphatic rings. The molecule has 0 aromatic heterocycles. The summed E-state index contributed by atoms with van der Waals surface area (Å²) in [5, 5.41) is 0. The Morgan fingerprint density at radius 1 is 0.923 bits per heavy atom. The van der Waals surface area contributed by atoms with Crippen molar-refractivity contribution in [2.75, 3.05) is 6.61 Å². The van der Waals surface area contributed by atoms with Gasteiger partial charge in [-0.2, -0.15) is 0 Å². The Hall–Kier alpha value is -1.80. The maximum Gasteiger partial charge on any atom is 0.120 e. The van der Waals surface area contributed by atoms with Crippen LogP contribution in [-0.2, 0) is 10.2 Å². The molecule has 0 saturated carbocycles. The third-order valence-corrected chi connectivity index (χ3v) is 5.97. The van der Waals surface area contributed by atoms with E-state index >= 15 is 0 Å². The van der Waals surface area contributed by atoms with Crippen molar-refractivity contribution in [2.45, 2.75) is 71.0 Å². The largest absolute Gasteiger partial charge is 0.487 e. The number of hydrogen-bond acceptors (Lipinski definition) is 2. The van der Waals surface area contributed by atoms with Gasteiger partial charge in [0.25, 0.3) is 0 Å². The van der Waals surface area contributed by atoms with Crippen molar-refractivity contribution >= 4 is 0 Å². The Labute approximate surface area is 158 Å². The SMILES string of the molecule is CCC(CC)(CC1CO1)Oc1ccc(C(C)(C)c2ccc(C)cc2)cc1. The molecule has 1 heterocycles. The van der Waals surface area contributed by atoms with Crippen LogP contribution in [0.3, 0.4) is 0 Å². The van der Waals surface area contributed by atoms with E-state index in [1.807, 2.05) is 0 Å². The summed E-state index contributed by atoms with van der Waals surface area (Å²) in [5.74, 6) is 0.956. The molecule has 2 aromatic carbocycles. The van der Waals surface area contributed by atoms with Gasteiger partial charge in [0.1, 0.15) is 11.4 Å². The van der Waals surface area contributed by atoms with Crippen LogP contribution in [0.4, 0.5) is 0 Å². The zero-order valence-corrected chi connectivity index (χ0v) is 16.8. The summed E-state index contributed by atoms with van der Waals surface area (Å²) >= 11 is 0. The van der Waals surface area contributed by atoms with Gasteiger partial charge >= 0.3 is 0 Å². The number of ether oxygens (including phenoxy) is 2. The van der Waals surface area contributed by atoms with E-state index in [1.165, 1.54) is 16.7 Å². The molecular formula is C24H32O2. The van der Waals surface area contributed by atoms with Gasteiger partial charge < -0.3 is 9.47 Å². The predicted molar refractivity (Wildman–Crippen MR) is 108 cm³/mol. The maximum absolute atomic E-state index is 6.46. The highest BCUT2D eigenvalue weighted by atomic mass is 16.6. The molecule has 1 unspecified atom stereocenters. The molecule has 2 nitrogen and oxygen atoms in total. The van der Waals surface area contributed by atoms with Gasteiger partial charge in [-0.25, -0.2) is 0 Å². The Balaban J connectivity index is 1.77. The monoisotopic (exact) mass is 352 g/mol. The number of hydrogen-bond donors (Lipinski definition) is 0. The number of benzene rings is 2. The van der Waals surface area contributed by atoms with Crippen LogP contribution in [0.15, 0.2) is 48.5 Å². The molecule has 1 atom stereocenters. The lowest BCUT2D eigenvalue weighted by molar-refractivity contribution is 0.0432. The second-order valence-electron chi connectivity index (χ2n) is 8.17. The third-order valence-electron chi connectivity index (χ3n) is 5.97. The van der Waals surface area contributed by atoms with Crippen LogP contribution in [0.25, 0.3) is 0 Å². The number of epoxide rings is 1. The van der Waals surface area contributed by atoms with Crippen LogP contribution in [0.1, 0.15) is 63.6 Å². The second kappa shape index (κ2) is 7.44. The summed E-state index contributed by atoms with van der Waals surface area (Å²) in [5.41, 5.74) is 3.79. The van der Waals surface area contributed by atoms with Crippen molar-refractivity contribution in [3.05, 3.63) is 65.2 Å². The van der Waals surface area contributed by atoms with Crippen LogP contribution < -0.4 is 4.74 Å². The van der Waals surface area contributed by atoms with Crippen molar-refractivity contribution in [1.82, 2.24) is 0 Å². The smallest absolute Gasteiger partial charge is 0.120 e. The molecule has 2 aromatic rings. The van der Waals surface area contributed by atoms with Crippen molar-refractivity contribution in [2.24, 2.45) is 0 Å². The average Bonchev–Trinajstić information content (AvgIpc) is 3.46. The minimum absolute atomic E-state index is 0.0271. The lowest BCUT2D eigenvalue weighted by Gasteiger charge is -2.33. The standard InChI is InChI=1S/C24H32O2/c1-6-24(7-2,16-22-17-25-22)26-21-14-12-20(13-15-21)23(4,5)19-10-8-18(3)9-11-19/h8-15,22H,6-7,16-17H2,1-5H3. The lowest BCUT2D eigenvalue weighted by atomic mass is 9.78. The minimum Gasteiger partial charge on any atom is -0.487 e. The molecule has 0 N–H and O–H groups in total. The molecule has 1 fully saturated rings. The van der Waals surface area contributed by atoms with E-state index in [-0.39, 0.29) is 11.0 Å². The molecule has 0 radical (unpaired) electrons. The minimum atomic E-state index is -0.116. The second-order valence-corrected chi connectivity index (χ2v) is 8.17. The van der Waals surface area contributed by atoms with Crippen molar-refractivity contribution < 1.29 is 9.47 Å². The van der Waals surface area contributed by atoms with Gasteiger partial charge in [-0.05, 0) is 43.0 Å². The molecular weight excluding hydrogens is 320 g/mol. The van der Waals surface area contributed by atoms with Gasteiger partial charge in [0.05, 0.1) is 12.7 Å². The van der Waals surface area contributed by atoms with E-state index < -0.39 is 0 Å². The summed E-state index contributed by atoms with van der Waals surface area (Å²) in [6.45, 7) is 12.0. The van der Waals surface area contributed by atoms with E-state index in [9.17, 15) is 0 Å². The fourth-order valence-corrected chi connectivity index (χ4v) is 3.65. The van der Waals surface area contributed by atoms with Gasteiger partial charge in [-0.15, -0.1) is 0 Å². The normalized spacial score (nSPS) is 17.2. The van der Waals surface area contributed by atoms with E-state index in [4.69, 9.17) is 9.47 Å². The third kappa shape index (κ3) is 4.12. The highest BCUT2D eigenvalue weighted by molar-refractivity contribution is 5.40. The zero-order valence-electron chi connectivity index (χ0n) is 16.8. The van der Waals surface area contributed by atoms with E-state index in [2.05, 4.69) is 83.1 Å². The molecule has 0 amide bonds. The lowest BCUT2D eigenvalue weighted by Crippen LogP contribution is -2.36. The van der Waals surface area contributed by atoms with Crippen LogP contribution in [0, 0.1) is 6.92 Å². The fraction of sp³-hybridized carbons (Fsp3) is 0.500. The summed E-state index contributed by atoms with van der Waals surface area (Å²) in [7, 11) is 0. The molecule has 0 spiro atoms. The summed E-state index contributed by atoms with van der Waals surface area (Å²) in [6.07, 6.45) is 3.37.